The summed E-state index contributed by atoms with van der Waals surface area (Å²) in [7, 11) is 0. The van der Waals surface area contributed by atoms with Crippen LogP contribution in [0.5, 0.6) is 0 Å². The van der Waals surface area contributed by atoms with Gasteiger partial charge in [0.15, 0.2) is 0 Å². The summed E-state index contributed by atoms with van der Waals surface area (Å²) in [6, 6.07) is -0.429. The molecule has 0 aromatic rings. The van der Waals surface area contributed by atoms with Crippen molar-refractivity contribution < 1.29 is 18.0 Å². The number of hydrogen-bond acceptors (Lipinski definition) is 2. The summed E-state index contributed by atoms with van der Waals surface area (Å²) in [6.45, 7) is -0.298. The SMILES string of the molecule is N#CC1(CN2CC(C(F)(F)F)NC2=O)CCC1. The second kappa shape index (κ2) is 3.79. The van der Waals surface area contributed by atoms with Crippen LogP contribution in [0.1, 0.15) is 19.3 Å². The summed E-state index contributed by atoms with van der Waals surface area (Å²) >= 11 is 0. The first kappa shape index (κ1) is 12.0. The highest BCUT2D eigenvalue weighted by molar-refractivity contribution is 5.77. The lowest BCUT2D eigenvalue weighted by Gasteiger charge is -2.37. The zero-order valence-electron chi connectivity index (χ0n) is 9.05. The molecule has 94 valence electrons. The topological polar surface area (TPSA) is 56.1 Å². The van der Waals surface area contributed by atoms with Crippen molar-refractivity contribution in [2.45, 2.75) is 31.5 Å². The summed E-state index contributed by atoms with van der Waals surface area (Å²) < 4.78 is 37.2. The van der Waals surface area contributed by atoms with Crippen LogP contribution in [0.15, 0.2) is 0 Å². The summed E-state index contributed by atoms with van der Waals surface area (Å²) in [5, 5.41) is 10.9. The first-order valence-electron chi connectivity index (χ1n) is 5.40. The molecule has 0 bridgehead atoms. The van der Waals surface area contributed by atoms with Crippen molar-refractivity contribution in [1.82, 2.24) is 10.2 Å². The number of alkyl halides is 3. The fourth-order valence-electron chi connectivity index (χ4n) is 2.19. The molecule has 0 aromatic heterocycles. The van der Waals surface area contributed by atoms with Gasteiger partial charge in [0.1, 0.15) is 6.04 Å². The summed E-state index contributed by atoms with van der Waals surface area (Å²) in [5.41, 5.74) is -0.627. The average molecular weight is 247 g/mol. The quantitative estimate of drug-likeness (QED) is 0.806. The van der Waals surface area contributed by atoms with E-state index >= 15 is 0 Å². The minimum atomic E-state index is -4.43. The Balaban J connectivity index is 2.00. The number of carbonyl (C=O) groups excluding carboxylic acids is 1. The van der Waals surface area contributed by atoms with E-state index in [1.807, 2.05) is 5.32 Å². The largest absolute Gasteiger partial charge is 0.410 e. The van der Waals surface area contributed by atoms with Crippen molar-refractivity contribution in [2.24, 2.45) is 5.41 Å². The number of urea groups is 1. The molecule has 1 heterocycles. The lowest BCUT2D eigenvalue weighted by Crippen LogP contribution is -2.42. The maximum absolute atomic E-state index is 12.4. The zero-order chi connectivity index (χ0) is 12.7. The highest BCUT2D eigenvalue weighted by atomic mass is 19.4. The minimum Gasteiger partial charge on any atom is -0.324 e. The van der Waals surface area contributed by atoms with E-state index in [2.05, 4.69) is 6.07 Å². The molecule has 2 rings (SSSR count). The van der Waals surface area contributed by atoms with Gasteiger partial charge in [-0.25, -0.2) is 4.79 Å². The Bertz CT molecular complexity index is 370. The van der Waals surface area contributed by atoms with E-state index in [4.69, 9.17) is 5.26 Å². The molecule has 0 spiro atoms. The minimum absolute atomic E-state index is 0.0991. The molecule has 1 unspecified atom stereocenters. The third-order valence-electron chi connectivity index (χ3n) is 3.42. The molecule has 1 atom stereocenters. The Labute approximate surface area is 96.4 Å². The van der Waals surface area contributed by atoms with Crippen molar-refractivity contribution in [3.63, 3.8) is 0 Å². The summed E-state index contributed by atoms with van der Waals surface area (Å²) in [6.07, 6.45) is -2.22. The van der Waals surface area contributed by atoms with E-state index in [0.717, 1.165) is 11.3 Å². The standard InChI is InChI=1S/C10H12F3N3O/c11-10(12,13)7-4-16(8(17)15-7)6-9(5-14)2-1-3-9/h7H,1-4,6H2,(H,15,17). The van der Waals surface area contributed by atoms with E-state index in [1.54, 1.807) is 0 Å². The molecule has 17 heavy (non-hydrogen) atoms. The smallest absolute Gasteiger partial charge is 0.324 e. The molecular weight excluding hydrogens is 235 g/mol. The van der Waals surface area contributed by atoms with Crippen LogP contribution in [0, 0.1) is 16.7 Å². The Morgan fingerprint density at radius 1 is 1.53 bits per heavy atom. The van der Waals surface area contributed by atoms with Gasteiger partial charge in [0.05, 0.1) is 18.0 Å². The Hall–Kier alpha value is -1.45. The number of carbonyl (C=O) groups is 1. The van der Waals surface area contributed by atoms with Gasteiger partial charge in [0, 0.05) is 6.54 Å². The molecular formula is C10H12F3N3O. The van der Waals surface area contributed by atoms with Crippen LogP contribution in [-0.4, -0.2) is 36.2 Å². The van der Waals surface area contributed by atoms with Crippen molar-refractivity contribution in [3.8, 4) is 6.07 Å². The van der Waals surface area contributed by atoms with Crippen LogP contribution in [0.3, 0.4) is 0 Å². The Kier molecular flexibility index (Phi) is 2.68. The fourth-order valence-corrected chi connectivity index (χ4v) is 2.19. The highest BCUT2D eigenvalue weighted by Crippen LogP contribution is 2.41. The summed E-state index contributed by atoms with van der Waals surface area (Å²) in [5.74, 6) is 0. The van der Waals surface area contributed by atoms with E-state index < -0.39 is 30.2 Å². The molecule has 1 aliphatic carbocycles. The van der Waals surface area contributed by atoms with Crippen molar-refractivity contribution in [1.29, 1.82) is 5.26 Å². The molecule has 7 heteroatoms. The van der Waals surface area contributed by atoms with Crippen LogP contribution in [0.2, 0.25) is 0 Å². The molecule has 1 saturated heterocycles. The second-order valence-electron chi connectivity index (χ2n) is 4.67. The predicted molar refractivity (Wildman–Crippen MR) is 51.8 cm³/mol. The van der Waals surface area contributed by atoms with Gasteiger partial charge >= 0.3 is 12.2 Å². The number of amides is 2. The molecule has 0 aromatic carbocycles. The van der Waals surface area contributed by atoms with E-state index in [9.17, 15) is 18.0 Å². The lowest BCUT2D eigenvalue weighted by molar-refractivity contribution is -0.150. The van der Waals surface area contributed by atoms with E-state index in [1.165, 1.54) is 0 Å². The molecule has 0 radical (unpaired) electrons. The van der Waals surface area contributed by atoms with Crippen LogP contribution in [0.4, 0.5) is 18.0 Å². The number of nitrogens with one attached hydrogen (secondary N) is 1. The van der Waals surface area contributed by atoms with Crippen molar-refractivity contribution >= 4 is 6.03 Å². The van der Waals surface area contributed by atoms with Gasteiger partial charge in [-0.2, -0.15) is 18.4 Å². The summed E-state index contributed by atoms with van der Waals surface area (Å²) in [4.78, 5) is 12.5. The molecule has 2 aliphatic rings. The molecule has 1 N–H and O–H groups in total. The first-order chi connectivity index (χ1) is 7.86. The van der Waals surface area contributed by atoms with Gasteiger partial charge in [-0.05, 0) is 12.8 Å². The number of rotatable bonds is 2. The third-order valence-corrected chi connectivity index (χ3v) is 3.42. The predicted octanol–water partition coefficient (Wildman–Crippen LogP) is 1.64. The van der Waals surface area contributed by atoms with Gasteiger partial charge in [0.25, 0.3) is 0 Å². The van der Waals surface area contributed by atoms with Crippen LogP contribution >= 0.6 is 0 Å². The fraction of sp³-hybridized carbons (Fsp3) is 0.800. The number of nitriles is 1. The number of halogens is 3. The van der Waals surface area contributed by atoms with Crippen LogP contribution in [-0.2, 0) is 0 Å². The second-order valence-corrected chi connectivity index (χ2v) is 4.67. The molecule has 1 saturated carbocycles. The van der Waals surface area contributed by atoms with Gasteiger partial charge in [0.2, 0.25) is 0 Å². The van der Waals surface area contributed by atoms with Crippen molar-refractivity contribution in [2.75, 3.05) is 13.1 Å². The first-order valence-corrected chi connectivity index (χ1v) is 5.40. The maximum Gasteiger partial charge on any atom is 0.410 e. The van der Waals surface area contributed by atoms with Gasteiger partial charge in [-0.3, -0.25) is 0 Å². The van der Waals surface area contributed by atoms with Crippen LogP contribution in [0.25, 0.3) is 0 Å². The number of nitrogens with zero attached hydrogens (tertiary/aromatic N) is 2. The monoisotopic (exact) mass is 247 g/mol. The normalized spacial score (nSPS) is 27.3. The molecule has 1 aliphatic heterocycles. The zero-order valence-corrected chi connectivity index (χ0v) is 9.05. The molecule has 2 fully saturated rings. The molecule has 2 amide bonds. The van der Waals surface area contributed by atoms with Gasteiger partial charge in [-0.1, -0.05) is 6.42 Å². The highest BCUT2D eigenvalue weighted by Gasteiger charge is 2.49. The van der Waals surface area contributed by atoms with E-state index in [0.29, 0.717) is 12.8 Å². The molecule has 4 nitrogen and oxygen atoms in total. The van der Waals surface area contributed by atoms with E-state index in [-0.39, 0.29) is 6.54 Å². The maximum atomic E-state index is 12.4. The third kappa shape index (κ3) is 2.16. The Morgan fingerprint density at radius 3 is 2.53 bits per heavy atom. The lowest BCUT2D eigenvalue weighted by atomic mass is 9.69. The van der Waals surface area contributed by atoms with Crippen LogP contribution < -0.4 is 5.32 Å². The van der Waals surface area contributed by atoms with Gasteiger partial charge < -0.3 is 10.2 Å². The number of hydrogen-bond donors (Lipinski definition) is 1. The van der Waals surface area contributed by atoms with Gasteiger partial charge in [-0.15, -0.1) is 0 Å². The van der Waals surface area contributed by atoms with Crippen molar-refractivity contribution in [3.05, 3.63) is 0 Å². The average Bonchev–Trinajstić information content (AvgIpc) is 2.53. The Morgan fingerprint density at radius 2 is 2.18 bits per heavy atom.